The first-order chi connectivity index (χ1) is 8.35. The monoisotopic (exact) mass is 272 g/mol. The summed E-state index contributed by atoms with van der Waals surface area (Å²) in [7, 11) is -0.572. The topological polar surface area (TPSA) is 74.3 Å². The molecule has 1 aromatic heterocycles. The molecular formula is C11H20N4O2S. The van der Waals surface area contributed by atoms with Gasteiger partial charge in [0.25, 0.3) is 0 Å². The molecule has 1 heterocycles. The van der Waals surface area contributed by atoms with Crippen LogP contribution in [0.4, 0.5) is 11.5 Å². The summed E-state index contributed by atoms with van der Waals surface area (Å²) in [6.45, 7) is 4.16. The van der Waals surface area contributed by atoms with Gasteiger partial charge in [-0.1, -0.05) is 6.92 Å². The Hall–Kier alpha value is -1.34. The van der Waals surface area contributed by atoms with Gasteiger partial charge in [-0.25, -0.2) is 4.98 Å². The third-order valence-electron chi connectivity index (χ3n) is 2.50. The molecule has 1 rings (SSSR count). The molecule has 0 spiro atoms. The van der Waals surface area contributed by atoms with E-state index in [-0.39, 0.29) is 0 Å². The predicted molar refractivity (Wildman–Crippen MR) is 73.8 cm³/mol. The molecule has 0 bridgehead atoms. The maximum atomic E-state index is 11.6. The molecule has 0 aliphatic heterocycles. The van der Waals surface area contributed by atoms with Gasteiger partial charge in [-0.2, -0.15) is 12.7 Å². The zero-order valence-electron chi connectivity index (χ0n) is 11.1. The number of aromatic nitrogens is 1. The smallest absolute Gasteiger partial charge is 0.302 e. The SMILES string of the molecule is CCC(C)Nc1ccc(NS(=O)(=O)N(C)C)nc1. The van der Waals surface area contributed by atoms with Crippen LogP contribution in [-0.4, -0.2) is 37.8 Å². The van der Waals surface area contributed by atoms with Gasteiger partial charge in [-0.05, 0) is 25.5 Å². The quantitative estimate of drug-likeness (QED) is 0.823. The molecule has 0 amide bonds. The summed E-state index contributed by atoms with van der Waals surface area (Å²) >= 11 is 0. The molecule has 0 aromatic carbocycles. The second-order valence-electron chi connectivity index (χ2n) is 4.28. The van der Waals surface area contributed by atoms with Crippen molar-refractivity contribution < 1.29 is 8.42 Å². The van der Waals surface area contributed by atoms with Crippen LogP contribution in [0.5, 0.6) is 0 Å². The molecule has 0 saturated heterocycles. The third-order valence-corrected chi connectivity index (χ3v) is 3.93. The molecule has 1 aromatic rings. The van der Waals surface area contributed by atoms with Crippen LogP contribution in [0, 0.1) is 0 Å². The van der Waals surface area contributed by atoms with E-state index in [1.54, 1.807) is 18.3 Å². The Labute approximate surface area is 109 Å². The van der Waals surface area contributed by atoms with Crippen molar-refractivity contribution in [1.82, 2.24) is 9.29 Å². The van der Waals surface area contributed by atoms with Gasteiger partial charge < -0.3 is 5.32 Å². The highest BCUT2D eigenvalue weighted by Gasteiger charge is 2.13. The van der Waals surface area contributed by atoms with Gasteiger partial charge in [0.2, 0.25) is 0 Å². The molecule has 6 nitrogen and oxygen atoms in total. The van der Waals surface area contributed by atoms with Gasteiger partial charge in [-0.15, -0.1) is 0 Å². The molecule has 0 aliphatic carbocycles. The van der Waals surface area contributed by atoms with Crippen LogP contribution in [0.25, 0.3) is 0 Å². The molecule has 102 valence electrons. The Balaban J connectivity index is 2.72. The zero-order chi connectivity index (χ0) is 13.8. The normalized spacial score (nSPS) is 13.4. The molecule has 1 atom stereocenters. The lowest BCUT2D eigenvalue weighted by atomic mass is 10.2. The third kappa shape index (κ3) is 4.15. The van der Waals surface area contributed by atoms with E-state index >= 15 is 0 Å². The van der Waals surface area contributed by atoms with Crippen molar-refractivity contribution >= 4 is 21.7 Å². The summed E-state index contributed by atoms with van der Waals surface area (Å²) in [5.74, 6) is 0.304. The second-order valence-corrected chi connectivity index (χ2v) is 6.16. The summed E-state index contributed by atoms with van der Waals surface area (Å²) in [5.41, 5.74) is 0.872. The van der Waals surface area contributed by atoms with Crippen molar-refractivity contribution in [1.29, 1.82) is 0 Å². The van der Waals surface area contributed by atoms with E-state index in [1.807, 2.05) is 0 Å². The Morgan fingerprint density at radius 3 is 2.50 bits per heavy atom. The number of anilines is 2. The van der Waals surface area contributed by atoms with E-state index in [0.717, 1.165) is 16.4 Å². The van der Waals surface area contributed by atoms with Gasteiger partial charge in [0.05, 0.1) is 11.9 Å². The minimum absolute atomic E-state index is 0.304. The minimum Gasteiger partial charge on any atom is -0.381 e. The van der Waals surface area contributed by atoms with Crippen LogP contribution in [0.3, 0.4) is 0 Å². The molecule has 0 radical (unpaired) electrons. The van der Waals surface area contributed by atoms with Crippen molar-refractivity contribution in [2.45, 2.75) is 26.3 Å². The van der Waals surface area contributed by atoms with Crippen LogP contribution < -0.4 is 10.0 Å². The highest BCUT2D eigenvalue weighted by molar-refractivity contribution is 7.90. The fourth-order valence-electron chi connectivity index (χ4n) is 1.15. The Bertz CT molecular complexity index is 470. The summed E-state index contributed by atoms with van der Waals surface area (Å²) in [6.07, 6.45) is 2.62. The number of pyridine rings is 1. The van der Waals surface area contributed by atoms with Gasteiger partial charge in [0.15, 0.2) is 0 Å². The van der Waals surface area contributed by atoms with Crippen LogP contribution in [0.2, 0.25) is 0 Å². The summed E-state index contributed by atoms with van der Waals surface area (Å²) in [5, 5.41) is 3.25. The van der Waals surface area contributed by atoms with Gasteiger partial charge in [-0.3, -0.25) is 4.72 Å². The Kier molecular flexibility index (Phi) is 4.92. The molecule has 2 N–H and O–H groups in total. The Morgan fingerprint density at radius 1 is 1.39 bits per heavy atom. The second kappa shape index (κ2) is 6.01. The largest absolute Gasteiger partial charge is 0.381 e. The average Bonchev–Trinajstić information content (AvgIpc) is 2.31. The number of nitrogens with one attached hydrogen (secondary N) is 2. The Morgan fingerprint density at radius 2 is 2.06 bits per heavy atom. The van der Waals surface area contributed by atoms with E-state index in [2.05, 4.69) is 28.9 Å². The number of nitrogens with zero attached hydrogens (tertiary/aromatic N) is 2. The lowest BCUT2D eigenvalue weighted by molar-refractivity contribution is 0.526. The lowest BCUT2D eigenvalue weighted by Crippen LogP contribution is -2.29. The van der Waals surface area contributed by atoms with Crippen molar-refractivity contribution in [3.8, 4) is 0 Å². The number of hydrogen-bond acceptors (Lipinski definition) is 4. The van der Waals surface area contributed by atoms with Crippen molar-refractivity contribution in [3.63, 3.8) is 0 Å². The van der Waals surface area contributed by atoms with Crippen LogP contribution in [-0.2, 0) is 10.2 Å². The standard InChI is InChI=1S/C11H20N4O2S/c1-5-9(2)13-10-6-7-11(12-8-10)14-18(16,17)15(3)4/h6-9,13H,5H2,1-4H3,(H,12,14). The van der Waals surface area contributed by atoms with E-state index in [9.17, 15) is 8.42 Å². The maximum absolute atomic E-state index is 11.6. The van der Waals surface area contributed by atoms with Crippen LogP contribution in [0.1, 0.15) is 20.3 Å². The highest BCUT2D eigenvalue weighted by Crippen LogP contribution is 2.13. The van der Waals surface area contributed by atoms with E-state index in [0.29, 0.717) is 11.9 Å². The van der Waals surface area contributed by atoms with Crippen LogP contribution in [0.15, 0.2) is 18.3 Å². The molecule has 1 unspecified atom stereocenters. The molecule has 7 heteroatoms. The molecule has 0 aliphatic rings. The predicted octanol–water partition coefficient (Wildman–Crippen LogP) is 1.51. The van der Waals surface area contributed by atoms with Crippen molar-refractivity contribution in [3.05, 3.63) is 18.3 Å². The maximum Gasteiger partial charge on any atom is 0.302 e. The number of hydrogen-bond donors (Lipinski definition) is 2. The first-order valence-electron chi connectivity index (χ1n) is 5.78. The molecule has 0 fully saturated rings. The van der Waals surface area contributed by atoms with Crippen molar-refractivity contribution in [2.75, 3.05) is 24.1 Å². The average molecular weight is 272 g/mol. The fraction of sp³-hybridized carbons (Fsp3) is 0.545. The minimum atomic E-state index is -3.49. The summed E-state index contributed by atoms with van der Waals surface area (Å²) in [4.78, 5) is 4.05. The van der Waals surface area contributed by atoms with Gasteiger partial charge >= 0.3 is 10.2 Å². The van der Waals surface area contributed by atoms with Crippen LogP contribution >= 0.6 is 0 Å². The van der Waals surface area contributed by atoms with Gasteiger partial charge in [0, 0.05) is 20.1 Å². The van der Waals surface area contributed by atoms with Gasteiger partial charge in [0.1, 0.15) is 5.82 Å². The van der Waals surface area contributed by atoms with E-state index in [4.69, 9.17) is 0 Å². The molecule has 0 saturated carbocycles. The summed E-state index contributed by atoms with van der Waals surface area (Å²) in [6, 6.07) is 3.79. The number of rotatable bonds is 6. The lowest BCUT2D eigenvalue weighted by Gasteiger charge is -2.14. The van der Waals surface area contributed by atoms with E-state index < -0.39 is 10.2 Å². The molecular weight excluding hydrogens is 252 g/mol. The first-order valence-corrected chi connectivity index (χ1v) is 7.22. The molecule has 18 heavy (non-hydrogen) atoms. The van der Waals surface area contributed by atoms with E-state index in [1.165, 1.54) is 14.1 Å². The van der Waals surface area contributed by atoms with Crippen molar-refractivity contribution in [2.24, 2.45) is 0 Å². The fourth-order valence-corrected chi connectivity index (χ4v) is 1.72. The highest BCUT2D eigenvalue weighted by atomic mass is 32.2. The summed E-state index contributed by atoms with van der Waals surface area (Å²) < 4.78 is 26.6. The first kappa shape index (κ1) is 14.7. The zero-order valence-corrected chi connectivity index (χ0v) is 12.0.